The standard InChI is InChI=1S/C13H17NO5S/c1-2-8-6-7-10(20-8)12(17)14-9(13(18)19)4-3-5-11(15)16/h6-7,9H,2-5H2,1H3,(H,14,17)(H,15,16)(H,18,19)/t9-/m1/s1. The van der Waals surface area contributed by atoms with E-state index >= 15 is 0 Å². The minimum Gasteiger partial charge on any atom is -0.481 e. The predicted octanol–water partition coefficient (Wildman–Crippen LogP) is 1.75. The Morgan fingerprint density at radius 1 is 1.30 bits per heavy atom. The summed E-state index contributed by atoms with van der Waals surface area (Å²) in [4.78, 5) is 34.9. The molecule has 7 heteroatoms. The first kappa shape index (κ1) is 16.2. The maximum atomic E-state index is 11.9. The molecule has 0 fully saturated rings. The Kier molecular flexibility index (Phi) is 6.17. The normalized spacial score (nSPS) is 11.8. The Hall–Kier alpha value is -1.89. The van der Waals surface area contributed by atoms with Crippen LogP contribution in [-0.4, -0.2) is 34.1 Å². The zero-order valence-corrected chi connectivity index (χ0v) is 11.9. The number of nitrogens with one attached hydrogen (secondary N) is 1. The number of hydrogen-bond acceptors (Lipinski definition) is 4. The molecule has 0 saturated heterocycles. The van der Waals surface area contributed by atoms with E-state index in [-0.39, 0.29) is 19.3 Å². The van der Waals surface area contributed by atoms with Crippen molar-refractivity contribution < 1.29 is 24.6 Å². The Labute approximate surface area is 120 Å². The molecule has 0 aliphatic rings. The van der Waals surface area contributed by atoms with Crippen LogP contribution in [0.1, 0.15) is 40.7 Å². The van der Waals surface area contributed by atoms with Crippen LogP contribution in [0, 0.1) is 0 Å². The van der Waals surface area contributed by atoms with Crippen LogP contribution in [-0.2, 0) is 16.0 Å². The van der Waals surface area contributed by atoms with Crippen molar-refractivity contribution in [3.63, 3.8) is 0 Å². The van der Waals surface area contributed by atoms with Crippen molar-refractivity contribution in [2.24, 2.45) is 0 Å². The number of rotatable bonds is 8. The lowest BCUT2D eigenvalue weighted by atomic mass is 10.1. The van der Waals surface area contributed by atoms with Crippen LogP contribution in [0.15, 0.2) is 12.1 Å². The van der Waals surface area contributed by atoms with E-state index in [2.05, 4.69) is 5.32 Å². The molecule has 1 aromatic heterocycles. The molecule has 0 bridgehead atoms. The number of thiophene rings is 1. The molecule has 0 aromatic carbocycles. The molecular formula is C13H17NO5S. The van der Waals surface area contributed by atoms with E-state index in [0.29, 0.717) is 4.88 Å². The monoisotopic (exact) mass is 299 g/mol. The van der Waals surface area contributed by atoms with Gasteiger partial charge in [-0.3, -0.25) is 9.59 Å². The molecule has 0 aliphatic heterocycles. The lowest BCUT2D eigenvalue weighted by Gasteiger charge is -2.13. The molecule has 0 aliphatic carbocycles. The van der Waals surface area contributed by atoms with Gasteiger partial charge >= 0.3 is 11.9 Å². The van der Waals surface area contributed by atoms with E-state index in [9.17, 15) is 14.4 Å². The molecule has 0 unspecified atom stereocenters. The number of carboxylic acids is 2. The summed E-state index contributed by atoms with van der Waals surface area (Å²) in [6.45, 7) is 1.97. The molecule has 20 heavy (non-hydrogen) atoms. The van der Waals surface area contributed by atoms with Gasteiger partial charge in [0.1, 0.15) is 6.04 Å². The van der Waals surface area contributed by atoms with E-state index in [1.165, 1.54) is 11.3 Å². The highest BCUT2D eigenvalue weighted by Gasteiger charge is 2.21. The summed E-state index contributed by atoms with van der Waals surface area (Å²) < 4.78 is 0. The molecule has 0 saturated carbocycles. The molecular weight excluding hydrogens is 282 g/mol. The van der Waals surface area contributed by atoms with Gasteiger partial charge in [0.2, 0.25) is 0 Å². The summed E-state index contributed by atoms with van der Waals surface area (Å²) in [7, 11) is 0. The zero-order chi connectivity index (χ0) is 15.1. The molecule has 1 amide bonds. The molecule has 1 heterocycles. The third kappa shape index (κ3) is 5.00. The molecule has 1 atom stereocenters. The van der Waals surface area contributed by atoms with Crippen LogP contribution < -0.4 is 5.32 Å². The summed E-state index contributed by atoms with van der Waals surface area (Å²) in [6, 6.07) is 2.43. The van der Waals surface area contributed by atoms with Crippen molar-refractivity contribution in [3.8, 4) is 0 Å². The topological polar surface area (TPSA) is 104 Å². The number of carbonyl (C=O) groups excluding carboxylic acids is 1. The van der Waals surface area contributed by atoms with Gasteiger partial charge in [-0.15, -0.1) is 11.3 Å². The summed E-state index contributed by atoms with van der Waals surface area (Å²) in [6.07, 6.45) is 1.01. The van der Waals surface area contributed by atoms with Crippen molar-refractivity contribution in [3.05, 3.63) is 21.9 Å². The second-order valence-corrected chi connectivity index (χ2v) is 5.44. The van der Waals surface area contributed by atoms with E-state index in [1.807, 2.05) is 13.0 Å². The quantitative estimate of drug-likeness (QED) is 0.678. The highest BCUT2D eigenvalue weighted by molar-refractivity contribution is 7.14. The summed E-state index contributed by atoms with van der Waals surface area (Å²) in [5.74, 6) is -2.57. The third-order valence-corrected chi connectivity index (χ3v) is 3.95. The molecule has 0 spiro atoms. The lowest BCUT2D eigenvalue weighted by Crippen LogP contribution is -2.40. The highest BCUT2D eigenvalue weighted by Crippen LogP contribution is 2.17. The van der Waals surface area contributed by atoms with Gasteiger partial charge in [0.25, 0.3) is 5.91 Å². The fourth-order valence-electron chi connectivity index (χ4n) is 1.63. The van der Waals surface area contributed by atoms with E-state index in [4.69, 9.17) is 10.2 Å². The summed E-state index contributed by atoms with van der Waals surface area (Å²) in [5, 5.41) is 20.0. The predicted molar refractivity (Wildman–Crippen MR) is 74.1 cm³/mol. The summed E-state index contributed by atoms with van der Waals surface area (Å²) >= 11 is 1.32. The average Bonchev–Trinajstić information content (AvgIpc) is 2.85. The van der Waals surface area contributed by atoms with Crippen LogP contribution in [0.4, 0.5) is 0 Å². The van der Waals surface area contributed by atoms with Crippen LogP contribution >= 0.6 is 11.3 Å². The Balaban J connectivity index is 2.58. The number of aliphatic carboxylic acids is 2. The van der Waals surface area contributed by atoms with Gasteiger partial charge in [-0.25, -0.2) is 4.79 Å². The number of carbonyl (C=O) groups is 3. The minimum atomic E-state index is -1.16. The van der Waals surface area contributed by atoms with Gasteiger partial charge in [-0.2, -0.15) is 0 Å². The van der Waals surface area contributed by atoms with Crippen LogP contribution in [0.2, 0.25) is 0 Å². The second-order valence-electron chi connectivity index (χ2n) is 4.27. The Morgan fingerprint density at radius 3 is 2.50 bits per heavy atom. The van der Waals surface area contributed by atoms with Gasteiger partial charge in [0.15, 0.2) is 0 Å². The number of aryl methyl sites for hydroxylation is 1. The molecule has 0 radical (unpaired) electrons. The first-order valence-corrected chi connectivity index (χ1v) is 7.09. The number of hydrogen-bond donors (Lipinski definition) is 3. The zero-order valence-electron chi connectivity index (χ0n) is 11.1. The van der Waals surface area contributed by atoms with E-state index in [1.54, 1.807) is 6.07 Å². The fraction of sp³-hybridized carbons (Fsp3) is 0.462. The SMILES string of the molecule is CCc1ccc(C(=O)N[C@H](CCCC(=O)O)C(=O)O)s1. The average molecular weight is 299 g/mol. The molecule has 3 N–H and O–H groups in total. The van der Waals surface area contributed by atoms with Crippen LogP contribution in [0.5, 0.6) is 0 Å². The maximum Gasteiger partial charge on any atom is 0.326 e. The molecule has 1 aromatic rings. The van der Waals surface area contributed by atoms with Crippen LogP contribution in [0.3, 0.4) is 0 Å². The lowest BCUT2D eigenvalue weighted by molar-refractivity contribution is -0.140. The van der Waals surface area contributed by atoms with Crippen molar-refractivity contribution in [1.82, 2.24) is 5.32 Å². The highest BCUT2D eigenvalue weighted by atomic mass is 32.1. The van der Waals surface area contributed by atoms with E-state index < -0.39 is 23.9 Å². The number of amides is 1. The molecule has 1 rings (SSSR count). The largest absolute Gasteiger partial charge is 0.481 e. The maximum absolute atomic E-state index is 11.9. The summed E-state index contributed by atoms with van der Waals surface area (Å²) in [5.41, 5.74) is 0. The van der Waals surface area contributed by atoms with Crippen molar-refractivity contribution in [2.45, 2.75) is 38.6 Å². The third-order valence-electron chi connectivity index (χ3n) is 2.72. The van der Waals surface area contributed by atoms with Gasteiger partial charge < -0.3 is 15.5 Å². The first-order chi connectivity index (χ1) is 9.43. The molecule has 6 nitrogen and oxygen atoms in total. The van der Waals surface area contributed by atoms with Gasteiger partial charge in [-0.05, 0) is 31.4 Å². The van der Waals surface area contributed by atoms with Crippen molar-refractivity contribution in [2.75, 3.05) is 0 Å². The van der Waals surface area contributed by atoms with E-state index in [0.717, 1.165) is 11.3 Å². The van der Waals surface area contributed by atoms with Crippen molar-refractivity contribution >= 4 is 29.2 Å². The Morgan fingerprint density at radius 2 is 2.00 bits per heavy atom. The van der Waals surface area contributed by atoms with Crippen LogP contribution in [0.25, 0.3) is 0 Å². The molecule has 110 valence electrons. The van der Waals surface area contributed by atoms with Crippen molar-refractivity contribution in [1.29, 1.82) is 0 Å². The van der Waals surface area contributed by atoms with Gasteiger partial charge in [0, 0.05) is 11.3 Å². The minimum absolute atomic E-state index is 0.0966. The Bertz CT molecular complexity index is 497. The first-order valence-electron chi connectivity index (χ1n) is 6.28. The van der Waals surface area contributed by atoms with Gasteiger partial charge in [0.05, 0.1) is 4.88 Å². The second kappa shape index (κ2) is 7.64. The van der Waals surface area contributed by atoms with Gasteiger partial charge in [-0.1, -0.05) is 6.92 Å². The number of carboxylic acid groups (broad SMARTS) is 2. The fourth-order valence-corrected chi connectivity index (χ4v) is 2.48. The smallest absolute Gasteiger partial charge is 0.326 e.